The van der Waals surface area contributed by atoms with Gasteiger partial charge in [-0.25, -0.2) is 4.79 Å². The van der Waals surface area contributed by atoms with Gasteiger partial charge in [-0.2, -0.15) is 0 Å². The SMILES string of the molecule is C=C(C)C(=O)OC[C@]12O[C@@H]3COC4(CCCC4)O[C@H]3[C@@H]1OC1(CCCC1)O2. The Morgan fingerprint density at radius 2 is 1.70 bits per heavy atom. The van der Waals surface area contributed by atoms with Crippen molar-refractivity contribution in [2.24, 2.45) is 0 Å². The minimum atomic E-state index is -1.14. The maximum absolute atomic E-state index is 12.0. The van der Waals surface area contributed by atoms with Gasteiger partial charge in [-0.1, -0.05) is 6.58 Å². The maximum Gasteiger partial charge on any atom is 0.333 e. The number of esters is 1. The largest absolute Gasteiger partial charge is 0.456 e. The van der Waals surface area contributed by atoms with E-state index in [0.717, 1.165) is 51.4 Å². The van der Waals surface area contributed by atoms with Gasteiger partial charge in [0, 0.05) is 31.3 Å². The van der Waals surface area contributed by atoms with Crippen molar-refractivity contribution in [1.29, 1.82) is 0 Å². The van der Waals surface area contributed by atoms with Crippen LogP contribution in [-0.4, -0.2) is 54.9 Å². The molecular weight excluding hydrogens is 352 g/mol. The van der Waals surface area contributed by atoms with Gasteiger partial charge >= 0.3 is 5.97 Å². The lowest BCUT2D eigenvalue weighted by Gasteiger charge is -2.41. The first-order chi connectivity index (χ1) is 13.0. The number of ether oxygens (including phenoxy) is 6. The van der Waals surface area contributed by atoms with Gasteiger partial charge in [0.05, 0.1) is 6.61 Å². The lowest BCUT2D eigenvalue weighted by molar-refractivity contribution is -0.342. The highest BCUT2D eigenvalue weighted by molar-refractivity contribution is 5.86. The molecule has 0 aromatic carbocycles. The van der Waals surface area contributed by atoms with Crippen LogP contribution in [0, 0.1) is 0 Å². The zero-order valence-electron chi connectivity index (χ0n) is 15.9. The molecule has 5 fully saturated rings. The van der Waals surface area contributed by atoms with Crippen LogP contribution in [0.4, 0.5) is 0 Å². The van der Waals surface area contributed by atoms with E-state index in [0.29, 0.717) is 12.2 Å². The van der Waals surface area contributed by atoms with Crippen molar-refractivity contribution in [2.75, 3.05) is 13.2 Å². The third-order valence-electron chi connectivity index (χ3n) is 6.49. The summed E-state index contributed by atoms with van der Waals surface area (Å²) in [6, 6.07) is 0. The molecule has 5 rings (SSSR count). The van der Waals surface area contributed by atoms with Crippen LogP contribution in [0.25, 0.3) is 0 Å². The Kier molecular flexibility index (Phi) is 4.19. The van der Waals surface area contributed by atoms with Gasteiger partial charge in [0.1, 0.15) is 24.9 Å². The molecule has 3 saturated heterocycles. The van der Waals surface area contributed by atoms with E-state index < -0.39 is 29.4 Å². The van der Waals surface area contributed by atoms with Crippen molar-refractivity contribution < 1.29 is 33.2 Å². The van der Waals surface area contributed by atoms with Gasteiger partial charge in [0.25, 0.3) is 0 Å². The summed E-state index contributed by atoms with van der Waals surface area (Å²) in [7, 11) is 0. The van der Waals surface area contributed by atoms with Crippen LogP contribution in [0.5, 0.6) is 0 Å². The van der Waals surface area contributed by atoms with Crippen LogP contribution >= 0.6 is 0 Å². The standard InChI is InChI=1S/C20H28O7/c1-13(2)17(21)22-12-20-16(26-19(27-20)9-5-6-10-19)15-14(24-20)11-23-18(25-15)7-3-4-8-18/h14-16H,1,3-12H2,2H3/t14-,15-,16+,20-/m1/s1. The number of rotatable bonds is 3. The second kappa shape index (κ2) is 6.26. The molecule has 0 unspecified atom stereocenters. The van der Waals surface area contributed by atoms with Crippen LogP contribution in [0.3, 0.4) is 0 Å². The number of hydrogen-bond acceptors (Lipinski definition) is 7. The molecule has 0 aromatic rings. The summed E-state index contributed by atoms with van der Waals surface area (Å²) in [5.41, 5.74) is 0.345. The Balaban J connectivity index is 1.40. The Morgan fingerprint density at radius 1 is 1.04 bits per heavy atom. The van der Waals surface area contributed by atoms with Crippen molar-refractivity contribution in [3.63, 3.8) is 0 Å². The van der Waals surface area contributed by atoms with Crippen LogP contribution in [-0.2, 0) is 33.2 Å². The van der Waals surface area contributed by atoms with Crippen molar-refractivity contribution in [3.05, 3.63) is 12.2 Å². The Hall–Kier alpha value is -0.990. The van der Waals surface area contributed by atoms with E-state index >= 15 is 0 Å². The Bertz CT molecular complexity index is 634. The number of hydrogen-bond donors (Lipinski definition) is 0. The first-order valence-corrected chi connectivity index (χ1v) is 10.2. The molecule has 0 aromatic heterocycles. The van der Waals surface area contributed by atoms with E-state index in [-0.39, 0.29) is 18.8 Å². The molecule has 27 heavy (non-hydrogen) atoms. The minimum Gasteiger partial charge on any atom is -0.456 e. The van der Waals surface area contributed by atoms with Crippen molar-refractivity contribution in [3.8, 4) is 0 Å². The fourth-order valence-electron chi connectivity index (χ4n) is 5.17. The lowest BCUT2D eigenvalue weighted by Crippen LogP contribution is -2.53. The van der Waals surface area contributed by atoms with Crippen molar-refractivity contribution in [1.82, 2.24) is 0 Å². The van der Waals surface area contributed by atoms with Gasteiger partial charge < -0.3 is 28.4 Å². The molecule has 150 valence electrons. The highest BCUT2D eigenvalue weighted by Gasteiger charge is 2.70. The fourth-order valence-corrected chi connectivity index (χ4v) is 5.17. The van der Waals surface area contributed by atoms with Gasteiger partial charge in [-0.15, -0.1) is 0 Å². The molecule has 7 heteroatoms. The van der Waals surface area contributed by atoms with E-state index in [2.05, 4.69) is 6.58 Å². The normalized spacial score (nSPS) is 41.0. The molecule has 3 aliphatic heterocycles. The van der Waals surface area contributed by atoms with Crippen LogP contribution in [0.2, 0.25) is 0 Å². The topological polar surface area (TPSA) is 72.5 Å². The summed E-state index contributed by atoms with van der Waals surface area (Å²) >= 11 is 0. The number of fused-ring (bicyclic) bond motifs is 3. The zero-order valence-corrected chi connectivity index (χ0v) is 15.9. The summed E-state index contributed by atoms with van der Waals surface area (Å²) < 4.78 is 37.1. The fraction of sp³-hybridized carbons (Fsp3) is 0.850. The second-order valence-electron chi connectivity index (χ2n) is 8.59. The average Bonchev–Trinajstić information content (AvgIpc) is 3.39. The first-order valence-electron chi connectivity index (χ1n) is 10.2. The molecule has 5 aliphatic rings. The summed E-state index contributed by atoms with van der Waals surface area (Å²) in [5.74, 6) is -2.78. The maximum atomic E-state index is 12.0. The predicted octanol–water partition coefficient (Wildman–Crippen LogP) is 2.57. The van der Waals surface area contributed by atoms with Gasteiger partial charge in [0.2, 0.25) is 5.79 Å². The Morgan fingerprint density at radius 3 is 2.37 bits per heavy atom. The smallest absolute Gasteiger partial charge is 0.333 e. The van der Waals surface area contributed by atoms with E-state index in [1.807, 2.05) is 0 Å². The van der Waals surface area contributed by atoms with Gasteiger partial charge in [0.15, 0.2) is 11.6 Å². The monoisotopic (exact) mass is 380 g/mol. The van der Waals surface area contributed by atoms with E-state index in [1.54, 1.807) is 6.92 Å². The van der Waals surface area contributed by atoms with Crippen molar-refractivity contribution >= 4 is 5.97 Å². The zero-order chi connectivity index (χ0) is 18.7. The average molecular weight is 380 g/mol. The molecule has 7 nitrogen and oxygen atoms in total. The molecule has 0 N–H and O–H groups in total. The van der Waals surface area contributed by atoms with E-state index in [1.165, 1.54) is 0 Å². The van der Waals surface area contributed by atoms with E-state index in [9.17, 15) is 4.79 Å². The summed E-state index contributed by atoms with van der Waals surface area (Å²) in [6.45, 7) is 5.67. The molecule has 3 heterocycles. The molecule has 0 amide bonds. The van der Waals surface area contributed by atoms with E-state index in [4.69, 9.17) is 28.4 Å². The molecule has 2 aliphatic carbocycles. The molecule has 2 saturated carbocycles. The second-order valence-corrected chi connectivity index (χ2v) is 8.59. The summed E-state index contributed by atoms with van der Waals surface area (Å²) in [6.07, 6.45) is 6.75. The summed E-state index contributed by atoms with van der Waals surface area (Å²) in [4.78, 5) is 12.0. The van der Waals surface area contributed by atoms with Gasteiger partial charge in [-0.3, -0.25) is 0 Å². The summed E-state index contributed by atoms with van der Waals surface area (Å²) in [5, 5.41) is 0. The lowest BCUT2D eigenvalue weighted by atomic mass is 10.0. The van der Waals surface area contributed by atoms with Crippen LogP contribution in [0.15, 0.2) is 12.2 Å². The third kappa shape index (κ3) is 2.86. The van der Waals surface area contributed by atoms with Crippen LogP contribution in [0.1, 0.15) is 58.3 Å². The van der Waals surface area contributed by atoms with Gasteiger partial charge in [-0.05, 0) is 32.6 Å². The number of carbonyl (C=O) groups is 1. The molecule has 0 bridgehead atoms. The highest BCUT2D eigenvalue weighted by Crippen LogP contribution is 2.54. The first kappa shape index (κ1) is 18.1. The molecular formula is C20H28O7. The van der Waals surface area contributed by atoms with Crippen molar-refractivity contribution in [2.45, 2.75) is 94.0 Å². The van der Waals surface area contributed by atoms with Crippen LogP contribution < -0.4 is 0 Å². The number of carbonyl (C=O) groups excluding carboxylic acids is 1. The predicted molar refractivity (Wildman–Crippen MR) is 92.6 cm³/mol. The minimum absolute atomic E-state index is 0.0333. The third-order valence-corrected chi connectivity index (χ3v) is 6.49. The molecule has 4 atom stereocenters. The quantitative estimate of drug-likeness (QED) is 0.550. The Labute approximate surface area is 159 Å². The molecule has 0 radical (unpaired) electrons. The highest BCUT2D eigenvalue weighted by atomic mass is 16.9. The molecule has 2 spiro atoms.